The van der Waals surface area contributed by atoms with Crippen molar-refractivity contribution in [3.63, 3.8) is 0 Å². The molecule has 9 nitrogen and oxygen atoms in total. The van der Waals surface area contributed by atoms with Gasteiger partial charge in [0.15, 0.2) is 5.78 Å². The third-order valence-corrected chi connectivity index (χ3v) is 7.99. The zero-order valence-corrected chi connectivity index (χ0v) is 22.8. The van der Waals surface area contributed by atoms with Crippen molar-refractivity contribution in [3.05, 3.63) is 76.8 Å². The van der Waals surface area contributed by atoms with E-state index in [-0.39, 0.29) is 47.8 Å². The minimum Gasteiger partial charge on any atom is -0.352 e. The molecule has 0 radical (unpaired) electrons. The molecule has 1 saturated heterocycles. The molecule has 41 heavy (non-hydrogen) atoms. The van der Waals surface area contributed by atoms with E-state index in [0.717, 1.165) is 11.6 Å². The summed E-state index contributed by atoms with van der Waals surface area (Å²) in [6, 6.07) is 9.21. The Morgan fingerprint density at radius 2 is 1.93 bits per heavy atom. The lowest BCUT2D eigenvalue weighted by Gasteiger charge is -2.32. The van der Waals surface area contributed by atoms with Crippen LogP contribution in [0.15, 0.2) is 42.5 Å². The third-order valence-electron chi connectivity index (χ3n) is 7.99. The number of likely N-dealkylation sites (tertiary alicyclic amines) is 1. The number of likely N-dealkylation sites (N-methyl/N-ethyl adjacent to an activating group) is 1. The first-order chi connectivity index (χ1) is 19.4. The minimum atomic E-state index is -1.06. The lowest BCUT2D eigenvalue weighted by Crippen LogP contribution is -2.52. The van der Waals surface area contributed by atoms with Gasteiger partial charge in [0.1, 0.15) is 23.1 Å². The minimum absolute atomic E-state index is 0.00548. The second-order valence-corrected chi connectivity index (χ2v) is 11.1. The molecule has 0 unspecified atom stereocenters. The van der Waals surface area contributed by atoms with Crippen molar-refractivity contribution < 1.29 is 28.0 Å². The van der Waals surface area contributed by atoms with Crippen molar-refractivity contribution in [1.82, 2.24) is 14.8 Å². The summed E-state index contributed by atoms with van der Waals surface area (Å²) in [5.41, 5.74) is 0.356. The van der Waals surface area contributed by atoms with E-state index in [1.165, 1.54) is 22.9 Å². The van der Waals surface area contributed by atoms with Crippen LogP contribution in [-0.2, 0) is 19.8 Å². The second-order valence-electron chi connectivity index (χ2n) is 11.1. The first-order valence-electron chi connectivity index (χ1n) is 13.3. The third kappa shape index (κ3) is 4.84. The van der Waals surface area contributed by atoms with E-state index in [1.807, 2.05) is 19.9 Å². The molecule has 1 aromatic heterocycles. The molecule has 212 valence electrons. The maximum atomic E-state index is 14.1. The maximum Gasteiger partial charge on any atom is 0.302 e. The van der Waals surface area contributed by atoms with Crippen LogP contribution in [0.25, 0.3) is 15.7 Å². The van der Waals surface area contributed by atoms with Crippen molar-refractivity contribution in [2.45, 2.75) is 50.7 Å². The Hall–Kier alpha value is -4.59. The van der Waals surface area contributed by atoms with E-state index in [9.17, 15) is 28.0 Å². The second kappa shape index (κ2) is 10.4. The van der Waals surface area contributed by atoms with Crippen LogP contribution < -0.4 is 5.32 Å². The summed E-state index contributed by atoms with van der Waals surface area (Å²) in [6.07, 6.45) is -1.11. The highest BCUT2D eigenvalue weighted by molar-refractivity contribution is 6.09. The summed E-state index contributed by atoms with van der Waals surface area (Å²) >= 11 is 0. The Kier molecular flexibility index (Phi) is 7.11. The van der Waals surface area contributed by atoms with Gasteiger partial charge in [0.05, 0.1) is 24.1 Å². The molecule has 3 atom stereocenters. The summed E-state index contributed by atoms with van der Waals surface area (Å²) in [4.78, 5) is 62.2. The number of fused-ring (bicyclic) bond motifs is 3. The summed E-state index contributed by atoms with van der Waals surface area (Å²) in [5.74, 6) is -3.68. The molecule has 3 amide bonds. The predicted octanol–water partition coefficient (Wildman–Crippen LogP) is 4.26. The zero-order chi connectivity index (χ0) is 29.6. The molecule has 2 aliphatic heterocycles. The Balaban J connectivity index is 1.37. The van der Waals surface area contributed by atoms with E-state index < -0.39 is 53.3 Å². The van der Waals surface area contributed by atoms with Crippen molar-refractivity contribution in [2.24, 2.45) is 5.92 Å². The number of carbonyl (C=O) groups is 4. The summed E-state index contributed by atoms with van der Waals surface area (Å²) in [5, 5.41) is 2.88. The monoisotopic (exact) mass is 561 g/mol. The topological polar surface area (TPSA) is 107 Å². The smallest absolute Gasteiger partial charge is 0.302 e. The molecule has 3 aromatic rings. The van der Waals surface area contributed by atoms with Gasteiger partial charge in [0.2, 0.25) is 11.8 Å². The highest BCUT2D eigenvalue weighted by atomic mass is 19.1. The predicted molar refractivity (Wildman–Crippen MR) is 147 cm³/mol. The number of aromatic amines is 1. The van der Waals surface area contributed by atoms with Crippen molar-refractivity contribution >= 4 is 40.1 Å². The number of para-hydroxylation sites is 1. The average molecular weight is 562 g/mol. The number of H-pyrrole nitrogens is 1. The van der Waals surface area contributed by atoms with Gasteiger partial charge in [0.25, 0.3) is 5.91 Å². The molecular weight excluding hydrogens is 532 g/mol. The fourth-order valence-electron chi connectivity index (χ4n) is 5.86. The standard InChI is InChI=1S/C30H29F2N5O4/c1-16(2)9-24(36(4)27(39)13-25(38)23-12-18-20(32)10-17(31)11-22(18)34-23)28(40)37-15-30(14-26(37)33-3)19-7-5-6-8-21(19)35-29(30)41/h5-8,10-12,16,24,26,34H,9,13-15H2,1-2,4H3,(H,35,41)/t24-,26-,30-/m0/s1. The Bertz CT molecular complexity index is 1630. The lowest BCUT2D eigenvalue weighted by atomic mass is 9.80. The van der Waals surface area contributed by atoms with Gasteiger partial charge in [-0.15, -0.1) is 0 Å². The van der Waals surface area contributed by atoms with Crippen molar-refractivity contribution in [2.75, 3.05) is 18.9 Å². The number of Topliss-reactive ketones (excluding diaryl/α,β-unsaturated/α-hetero) is 1. The van der Waals surface area contributed by atoms with Gasteiger partial charge in [0, 0.05) is 30.7 Å². The van der Waals surface area contributed by atoms with Crippen LogP contribution in [0.1, 0.15) is 49.2 Å². The van der Waals surface area contributed by atoms with E-state index in [4.69, 9.17) is 6.57 Å². The summed E-state index contributed by atoms with van der Waals surface area (Å²) in [7, 11) is 1.43. The summed E-state index contributed by atoms with van der Waals surface area (Å²) < 4.78 is 27.7. The molecule has 5 rings (SSSR count). The normalized spacial score (nSPS) is 20.3. The van der Waals surface area contributed by atoms with Gasteiger partial charge in [-0.05, 0) is 36.1 Å². The van der Waals surface area contributed by atoms with E-state index in [2.05, 4.69) is 15.1 Å². The number of amides is 3. The molecular formula is C30H29F2N5O4. The van der Waals surface area contributed by atoms with Crippen LogP contribution >= 0.6 is 0 Å². The molecule has 0 bridgehead atoms. The van der Waals surface area contributed by atoms with Crippen molar-refractivity contribution in [3.8, 4) is 0 Å². The Morgan fingerprint density at radius 3 is 2.63 bits per heavy atom. The molecule has 11 heteroatoms. The maximum absolute atomic E-state index is 14.1. The number of hydrogen-bond acceptors (Lipinski definition) is 4. The number of aromatic nitrogens is 1. The van der Waals surface area contributed by atoms with Gasteiger partial charge in [-0.25, -0.2) is 15.4 Å². The Morgan fingerprint density at radius 1 is 1.20 bits per heavy atom. The first-order valence-corrected chi connectivity index (χ1v) is 13.3. The van der Waals surface area contributed by atoms with Gasteiger partial charge in [-0.3, -0.25) is 28.9 Å². The SMILES string of the molecule is [C-]#[N+][C@@H]1C[C@@]2(CN1C(=O)[C@H](CC(C)C)N(C)C(=O)CC(=O)c1cc3c(F)cc(F)cc3[nH]1)C(=O)Nc1ccccc12. The molecule has 1 fully saturated rings. The quantitative estimate of drug-likeness (QED) is 0.255. The van der Waals surface area contributed by atoms with E-state index >= 15 is 0 Å². The van der Waals surface area contributed by atoms with Gasteiger partial charge in [-0.2, -0.15) is 0 Å². The molecule has 1 spiro atoms. The molecule has 2 aromatic carbocycles. The fraction of sp³-hybridized carbons (Fsp3) is 0.367. The molecule has 2 aliphatic rings. The van der Waals surface area contributed by atoms with Gasteiger partial charge in [-0.1, -0.05) is 32.0 Å². The highest BCUT2D eigenvalue weighted by Crippen LogP contribution is 2.47. The first kappa shape index (κ1) is 28.0. The van der Waals surface area contributed by atoms with Crippen LogP contribution in [0.2, 0.25) is 0 Å². The van der Waals surface area contributed by atoms with Crippen molar-refractivity contribution in [1.29, 1.82) is 0 Å². The van der Waals surface area contributed by atoms with Gasteiger partial charge < -0.3 is 15.2 Å². The number of rotatable bonds is 7. The number of nitrogens with one attached hydrogen (secondary N) is 2. The fourth-order valence-corrected chi connectivity index (χ4v) is 5.86. The number of ketones is 1. The molecule has 2 N–H and O–H groups in total. The number of anilines is 1. The van der Waals surface area contributed by atoms with Gasteiger partial charge >= 0.3 is 6.17 Å². The van der Waals surface area contributed by atoms with Crippen LogP contribution in [0.3, 0.4) is 0 Å². The number of halogens is 2. The molecule has 3 heterocycles. The zero-order valence-electron chi connectivity index (χ0n) is 22.8. The van der Waals surface area contributed by atoms with Crippen LogP contribution in [-0.4, -0.2) is 64.1 Å². The highest BCUT2D eigenvalue weighted by Gasteiger charge is 2.59. The van der Waals surface area contributed by atoms with Crippen LogP contribution in [0, 0.1) is 24.1 Å². The van der Waals surface area contributed by atoms with Crippen LogP contribution in [0.5, 0.6) is 0 Å². The largest absolute Gasteiger partial charge is 0.352 e. The summed E-state index contributed by atoms with van der Waals surface area (Å²) in [6.45, 7) is 11.6. The average Bonchev–Trinajstić information content (AvgIpc) is 3.61. The molecule has 0 saturated carbocycles. The number of benzene rings is 2. The lowest BCUT2D eigenvalue weighted by molar-refractivity contribution is -0.145. The number of hydrogen-bond donors (Lipinski definition) is 2. The number of carbonyl (C=O) groups excluding carboxylic acids is 4. The Labute approximate surface area is 235 Å². The molecule has 0 aliphatic carbocycles. The number of nitrogens with zero attached hydrogens (tertiary/aromatic N) is 3. The van der Waals surface area contributed by atoms with E-state index in [0.29, 0.717) is 11.8 Å². The van der Waals surface area contributed by atoms with Crippen LogP contribution in [0.4, 0.5) is 14.5 Å². The van der Waals surface area contributed by atoms with E-state index in [1.54, 1.807) is 18.2 Å².